The summed E-state index contributed by atoms with van der Waals surface area (Å²) in [7, 11) is 5.58. The molecular formula is C18H25N3O2. The molecule has 1 amide bonds. The Balaban J connectivity index is 1.83. The van der Waals surface area contributed by atoms with E-state index in [0.29, 0.717) is 18.7 Å². The number of hydrogen-bond acceptors (Lipinski definition) is 3. The number of carbonyl (C=O) groups excluding carboxylic acids is 1. The fourth-order valence-corrected chi connectivity index (χ4v) is 2.86. The van der Waals surface area contributed by atoms with Crippen LogP contribution in [-0.4, -0.2) is 56.1 Å². The lowest BCUT2D eigenvalue weighted by atomic mass is 10.2. The highest BCUT2D eigenvalue weighted by Gasteiger charge is 2.24. The minimum absolute atomic E-state index is 0.0217. The van der Waals surface area contributed by atoms with E-state index < -0.39 is 0 Å². The van der Waals surface area contributed by atoms with Gasteiger partial charge in [0, 0.05) is 46.0 Å². The average molecular weight is 315 g/mol. The summed E-state index contributed by atoms with van der Waals surface area (Å²) >= 11 is 0. The molecule has 0 aliphatic heterocycles. The Kier molecular flexibility index (Phi) is 4.57. The predicted octanol–water partition coefficient (Wildman–Crippen LogP) is 2.50. The summed E-state index contributed by atoms with van der Waals surface area (Å²) in [5.74, 6) is 1.99. The number of aromatic nitrogens is 1. The maximum Gasteiger partial charge on any atom is 0.255 e. The van der Waals surface area contributed by atoms with Crippen LogP contribution in [0.25, 0.3) is 5.52 Å². The van der Waals surface area contributed by atoms with Crippen LogP contribution < -0.4 is 4.90 Å². The van der Waals surface area contributed by atoms with E-state index in [2.05, 4.69) is 28.5 Å². The van der Waals surface area contributed by atoms with Crippen molar-refractivity contribution in [2.75, 3.05) is 45.8 Å². The van der Waals surface area contributed by atoms with Gasteiger partial charge in [0.25, 0.3) is 5.91 Å². The first-order chi connectivity index (χ1) is 11.1. The lowest BCUT2D eigenvalue weighted by molar-refractivity contribution is 0.0744. The lowest BCUT2D eigenvalue weighted by Gasteiger charge is -2.20. The normalized spacial score (nSPS) is 14.2. The Morgan fingerprint density at radius 1 is 1.26 bits per heavy atom. The molecule has 0 bridgehead atoms. The van der Waals surface area contributed by atoms with Crippen molar-refractivity contribution in [1.29, 1.82) is 0 Å². The molecule has 1 aliphatic carbocycles. The Labute approximate surface area is 137 Å². The van der Waals surface area contributed by atoms with Crippen LogP contribution in [0.3, 0.4) is 0 Å². The van der Waals surface area contributed by atoms with Crippen molar-refractivity contribution in [3.63, 3.8) is 0 Å². The van der Waals surface area contributed by atoms with Crippen molar-refractivity contribution in [3.05, 3.63) is 36.0 Å². The highest BCUT2D eigenvalue weighted by atomic mass is 16.5. The quantitative estimate of drug-likeness (QED) is 0.788. The maximum absolute atomic E-state index is 12.5. The van der Waals surface area contributed by atoms with E-state index in [-0.39, 0.29) is 5.91 Å². The predicted molar refractivity (Wildman–Crippen MR) is 92.2 cm³/mol. The molecule has 2 heterocycles. The van der Waals surface area contributed by atoms with Gasteiger partial charge in [-0.25, -0.2) is 0 Å². The first kappa shape index (κ1) is 15.9. The van der Waals surface area contributed by atoms with Crippen molar-refractivity contribution < 1.29 is 9.53 Å². The molecule has 0 N–H and O–H groups in total. The number of ether oxygens (including phenoxy) is 1. The number of hydrogen-bond donors (Lipinski definition) is 0. The monoisotopic (exact) mass is 315 g/mol. The summed E-state index contributed by atoms with van der Waals surface area (Å²) in [6.07, 6.45) is 4.61. The van der Waals surface area contributed by atoms with Gasteiger partial charge in [-0.05, 0) is 43.0 Å². The fourth-order valence-electron chi connectivity index (χ4n) is 2.86. The summed E-state index contributed by atoms with van der Waals surface area (Å²) in [6.45, 7) is 2.22. The van der Waals surface area contributed by atoms with E-state index in [1.54, 1.807) is 19.1 Å². The number of nitrogens with zero attached hydrogens (tertiary/aromatic N) is 3. The van der Waals surface area contributed by atoms with Gasteiger partial charge < -0.3 is 18.9 Å². The van der Waals surface area contributed by atoms with Gasteiger partial charge in [0.2, 0.25) is 0 Å². The molecule has 0 aromatic carbocycles. The van der Waals surface area contributed by atoms with Gasteiger partial charge in [0.1, 0.15) is 5.82 Å². The number of amides is 1. The second kappa shape index (κ2) is 6.62. The highest BCUT2D eigenvalue weighted by Crippen LogP contribution is 2.31. The number of anilines is 1. The first-order valence-corrected chi connectivity index (χ1v) is 8.17. The minimum atomic E-state index is 0.0217. The van der Waals surface area contributed by atoms with Gasteiger partial charge in [-0.2, -0.15) is 0 Å². The van der Waals surface area contributed by atoms with Crippen LogP contribution in [0.2, 0.25) is 0 Å². The van der Waals surface area contributed by atoms with Gasteiger partial charge in [-0.15, -0.1) is 0 Å². The summed E-state index contributed by atoms with van der Waals surface area (Å²) in [5.41, 5.74) is 1.81. The molecular weight excluding hydrogens is 290 g/mol. The molecule has 0 unspecified atom stereocenters. The number of fused-ring (bicyclic) bond motifs is 1. The van der Waals surface area contributed by atoms with Gasteiger partial charge >= 0.3 is 0 Å². The zero-order valence-corrected chi connectivity index (χ0v) is 14.2. The molecule has 0 saturated heterocycles. The van der Waals surface area contributed by atoms with Crippen LogP contribution in [0.1, 0.15) is 23.2 Å². The molecule has 0 radical (unpaired) electrons. The van der Waals surface area contributed by atoms with Gasteiger partial charge in [-0.3, -0.25) is 4.79 Å². The summed E-state index contributed by atoms with van der Waals surface area (Å²) in [4.78, 5) is 16.5. The third kappa shape index (κ3) is 3.50. The Bertz CT molecular complexity index is 691. The second-order valence-corrected chi connectivity index (χ2v) is 6.45. The molecule has 5 heteroatoms. The average Bonchev–Trinajstić information content (AvgIpc) is 3.26. The third-order valence-corrected chi connectivity index (χ3v) is 4.47. The van der Waals surface area contributed by atoms with Crippen molar-refractivity contribution in [2.24, 2.45) is 5.92 Å². The molecule has 3 rings (SSSR count). The van der Waals surface area contributed by atoms with Crippen LogP contribution in [0.5, 0.6) is 0 Å². The van der Waals surface area contributed by atoms with Crippen molar-refractivity contribution >= 4 is 17.2 Å². The molecule has 1 aliphatic rings. The van der Waals surface area contributed by atoms with Gasteiger partial charge in [-0.1, -0.05) is 0 Å². The number of likely N-dealkylation sites (N-methyl/N-ethyl adjacent to an activating group) is 1. The van der Waals surface area contributed by atoms with Crippen LogP contribution in [0.4, 0.5) is 5.82 Å². The molecule has 23 heavy (non-hydrogen) atoms. The largest absolute Gasteiger partial charge is 0.383 e. The summed E-state index contributed by atoms with van der Waals surface area (Å²) in [5, 5.41) is 0. The Morgan fingerprint density at radius 3 is 2.70 bits per heavy atom. The Hall–Kier alpha value is -2.01. The smallest absolute Gasteiger partial charge is 0.255 e. The standard InChI is InChI=1S/C18H25N3O2/c1-19(10-11-23-3)18(22)15-6-7-16-8-9-17(21(16)13-15)20(2)12-14-4-5-14/h6-9,13-14H,4-5,10-12H2,1-3H3. The molecule has 0 atom stereocenters. The van der Waals surface area contributed by atoms with Crippen molar-refractivity contribution in [3.8, 4) is 0 Å². The molecule has 2 aromatic heterocycles. The number of carbonyl (C=O) groups is 1. The van der Waals surface area contributed by atoms with E-state index in [9.17, 15) is 4.79 Å². The van der Waals surface area contributed by atoms with Crippen molar-refractivity contribution in [2.45, 2.75) is 12.8 Å². The van der Waals surface area contributed by atoms with Crippen LogP contribution in [-0.2, 0) is 4.74 Å². The molecule has 124 valence electrons. The van der Waals surface area contributed by atoms with Crippen LogP contribution >= 0.6 is 0 Å². The zero-order valence-electron chi connectivity index (χ0n) is 14.2. The number of pyridine rings is 1. The second-order valence-electron chi connectivity index (χ2n) is 6.45. The van der Waals surface area contributed by atoms with E-state index in [4.69, 9.17) is 4.74 Å². The molecule has 0 spiro atoms. The fraction of sp³-hybridized carbons (Fsp3) is 0.500. The van der Waals surface area contributed by atoms with Crippen LogP contribution in [0.15, 0.2) is 30.5 Å². The van der Waals surface area contributed by atoms with E-state index in [1.807, 2.05) is 18.3 Å². The lowest BCUT2D eigenvalue weighted by Crippen LogP contribution is -2.30. The zero-order chi connectivity index (χ0) is 16.4. The summed E-state index contributed by atoms with van der Waals surface area (Å²) in [6, 6.07) is 8.12. The molecule has 5 nitrogen and oxygen atoms in total. The number of methoxy groups -OCH3 is 1. The molecule has 2 aromatic rings. The topological polar surface area (TPSA) is 37.2 Å². The molecule has 1 saturated carbocycles. The minimum Gasteiger partial charge on any atom is -0.383 e. The third-order valence-electron chi connectivity index (χ3n) is 4.47. The Morgan fingerprint density at radius 2 is 2.00 bits per heavy atom. The number of rotatable bonds is 7. The molecule has 1 fully saturated rings. The van der Waals surface area contributed by atoms with E-state index in [0.717, 1.165) is 23.8 Å². The SMILES string of the molecule is COCCN(C)C(=O)c1ccc2ccc(N(C)CC3CC3)n2c1. The van der Waals surface area contributed by atoms with Gasteiger partial charge in [0.15, 0.2) is 0 Å². The van der Waals surface area contributed by atoms with E-state index >= 15 is 0 Å². The highest BCUT2D eigenvalue weighted by molar-refractivity contribution is 5.94. The van der Waals surface area contributed by atoms with E-state index in [1.165, 1.54) is 12.8 Å². The van der Waals surface area contributed by atoms with Gasteiger partial charge in [0.05, 0.1) is 12.2 Å². The van der Waals surface area contributed by atoms with Crippen molar-refractivity contribution in [1.82, 2.24) is 9.30 Å². The van der Waals surface area contributed by atoms with Crippen LogP contribution in [0, 0.1) is 5.92 Å². The summed E-state index contributed by atoms with van der Waals surface area (Å²) < 4.78 is 7.15. The maximum atomic E-state index is 12.5. The first-order valence-electron chi connectivity index (χ1n) is 8.17.